The number of carbonyl (C=O) groups is 1. The van der Waals surface area contributed by atoms with E-state index in [2.05, 4.69) is 20.7 Å². The fourth-order valence-corrected chi connectivity index (χ4v) is 3.00. The lowest BCUT2D eigenvalue weighted by atomic mass is 10.1. The summed E-state index contributed by atoms with van der Waals surface area (Å²) in [6, 6.07) is 10.6. The summed E-state index contributed by atoms with van der Waals surface area (Å²) in [5.41, 5.74) is 2.99. The van der Waals surface area contributed by atoms with Crippen molar-refractivity contribution >= 4 is 27.4 Å². The zero-order chi connectivity index (χ0) is 18.6. The van der Waals surface area contributed by atoms with Crippen molar-refractivity contribution in [3.05, 3.63) is 57.6 Å². The summed E-state index contributed by atoms with van der Waals surface area (Å²) in [5.74, 6) is 0.0964. The van der Waals surface area contributed by atoms with Gasteiger partial charge in [0.1, 0.15) is 5.75 Å². The van der Waals surface area contributed by atoms with E-state index in [-0.39, 0.29) is 11.5 Å². The van der Waals surface area contributed by atoms with Crippen molar-refractivity contribution in [2.75, 3.05) is 11.9 Å². The van der Waals surface area contributed by atoms with Crippen molar-refractivity contribution in [2.45, 2.75) is 33.4 Å². The smallest absolute Gasteiger partial charge is 0.387 e. The molecule has 0 aliphatic carbocycles. The number of aryl methyl sites for hydroxylation is 1. The van der Waals surface area contributed by atoms with Crippen LogP contribution in [0.1, 0.15) is 35.3 Å². The summed E-state index contributed by atoms with van der Waals surface area (Å²) in [6.45, 7) is 0.963. The van der Waals surface area contributed by atoms with Gasteiger partial charge in [0.25, 0.3) is 0 Å². The molecule has 0 N–H and O–H groups in total. The Kier molecular flexibility index (Phi) is 6.53. The first-order valence-electron chi connectivity index (χ1n) is 7.90. The summed E-state index contributed by atoms with van der Waals surface area (Å²) in [4.78, 5) is 13.7. The maximum Gasteiger partial charge on any atom is 0.387 e. The van der Waals surface area contributed by atoms with Crippen molar-refractivity contribution in [3.8, 4) is 5.75 Å². The molecule has 0 saturated carbocycles. The van der Waals surface area contributed by atoms with E-state index in [1.807, 2.05) is 31.0 Å². The highest BCUT2D eigenvalue weighted by atomic mass is 79.9. The molecule has 0 atom stereocenters. The topological polar surface area (TPSA) is 29.5 Å². The van der Waals surface area contributed by atoms with Crippen LogP contribution in [0.3, 0.4) is 0 Å². The van der Waals surface area contributed by atoms with Crippen molar-refractivity contribution < 1.29 is 18.3 Å². The molecule has 0 bridgehead atoms. The van der Waals surface area contributed by atoms with Crippen molar-refractivity contribution in [3.63, 3.8) is 0 Å². The number of hydrogen-bond donors (Lipinski definition) is 0. The first-order chi connectivity index (χ1) is 11.8. The van der Waals surface area contributed by atoms with Crippen LogP contribution < -0.4 is 9.64 Å². The molecule has 0 amide bonds. The average molecular weight is 412 g/mol. The highest BCUT2D eigenvalue weighted by Gasteiger charge is 2.16. The third kappa shape index (κ3) is 5.01. The van der Waals surface area contributed by atoms with Crippen LogP contribution in [-0.4, -0.2) is 19.4 Å². The van der Waals surface area contributed by atoms with Crippen molar-refractivity contribution in [1.29, 1.82) is 0 Å². The van der Waals surface area contributed by atoms with Gasteiger partial charge in [-0.1, -0.05) is 35.0 Å². The highest BCUT2D eigenvalue weighted by Crippen LogP contribution is 2.29. The molecule has 0 radical (unpaired) electrons. The summed E-state index contributed by atoms with van der Waals surface area (Å²) >= 11 is 3.41. The number of Topliss-reactive ketones (excluding diaryl/α,β-unsaturated/α-hetero) is 1. The fourth-order valence-electron chi connectivity index (χ4n) is 2.65. The molecule has 6 heteroatoms. The third-order valence-corrected chi connectivity index (χ3v) is 4.40. The molecule has 3 nitrogen and oxygen atoms in total. The van der Waals surface area contributed by atoms with Crippen molar-refractivity contribution in [1.82, 2.24) is 0 Å². The summed E-state index contributed by atoms with van der Waals surface area (Å²) in [5, 5.41) is 0. The Labute approximate surface area is 154 Å². The Morgan fingerprint density at radius 1 is 1.24 bits per heavy atom. The largest absolute Gasteiger partial charge is 0.434 e. The van der Waals surface area contributed by atoms with Gasteiger partial charge in [-0.2, -0.15) is 8.78 Å². The molecule has 0 unspecified atom stereocenters. The molecule has 0 heterocycles. The number of rotatable bonds is 7. The second kappa shape index (κ2) is 8.43. The van der Waals surface area contributed by atoms with Crippen LogP contribution in [-0.2, 0) is 13.0 Å². The number of alkyl halides is 2. The minimum Gasteiger partial charge on any atom is -0.434 e. The highest BCUT2D eigenvalue weighted by molar-refractivity contribution is 9.10. The van der Waals surface area contributed by atoms with E-state index in [0.717, 1.165) is 22.1 Å². The Morgan fingerprint density at radius 3 is 2.56 bits per heavy atom. The van der Waals surface area contributed by atoms with Gasteiger partial charge in [0.05, 0.1) is 0 Å². The number of ether oxygens (including phenoxy) is 1. The average Bonchev–Trinajstić information content (AvgIpc) is 2.55. The van der Waals surface area contributed by atoms with E-state index in [0.29, 0.717) is 17.7 Å². The Hall–Kier alpha value is -1.95. The Balaban J connectivity index is 2.38. The lowest BCUT2D eigenvalue weighted by Crippen LogP contribution is -2.20. The number of halogens is 3. The Morgan fingerprint density at radius 2 is 1.96 bits per heavy atom. The predicted octanol–water partition coefficient (Wildman–Crippen LogP) is 5.45. The molecule has 0 aliphatic heterocycles. The van der Waals surface area contributed by atoms with Gasteiger partial charge in [-0.15, -0.1) is 0 Å². The van der Waals surface area contributed by atoms with Crippen LogP contribution in [0.2, 0.25) is 0 Å². The number of ketones is 1. The zero-order valence-electron chi connectivity index (χ0n) is 14.4. The maximum atomic E-state index is 12.7. The summed E-state index contributed by atoms with van der Waals surface area (Å²) in [6.07, 6.45) is 0.793. The standard InChI is InChI=1S/C19H20BrF2NO2/c1-4-13-5-8-18(25-19(21)22)14(9-13)11-23(3)17-10-15(20)6-7-16(17)12(2)24/h5-10,19H,4,11H2,1-3H3. The predicted molar refractivity (Wildman–Crippen MR) is 98.7 cm³/mol. The second-order valence-electron chi connectivity index (χ2n) is 5.75. The van der Waals surface area contributed by atoms with Crippen molar-refractivity contribution in [2.24, 2.45) is 0 Å². The number of nitrogens with zero attached hydrogens (tertiary/aromatic N) is 1. The van der Waals surface area contributed by atoms with Gasteiger partial charge in [-0.05, 0) is 43.2 Å². The lowest BCUT2D eigenvalue weighted by molar-refractivity contribution is -0.0504. The van der Waals surface area contributed by atoms with E-state index >= 15 is 0 Å². The van der Waals surface area contributed by atoms with Gasteiger partial charge in [0.15, 0.2) is 5.78 Å². The molecule has 0 spiro atoms. The molecule has 0 aromatic heterocycles. The van der Waals surface area contributed by atoms with Crippen LogP contribution in [0.4, 0.5) is 14.5 Å². The molecule has 134 valence electrons. The van der Waals surface area contributed by atoms with Gasteiger partial charge >= 0.3 is 6.61 Å². The Bertz CT molecular complexity index is 765. The molecule has 0 aliphatic rings. The van der Waals surface area contributed by atoms with Crippen LogP contribution in [0.5, 0.6) is 5.75 Å². The van der Waals surface area contributed by atoms with Crippen LogP contribution in [0.25, 0.3) is 0 Å². The van der Waals surface area contributed by atoms with E-state index < -0.39 is 6.61 Å². The third-order valence-electron chi connectivity index (χ3n) is 3.91. The SMILES string of the molecule is CCc1ccc(OC(F)F)c(CN(C)c2cc(Br)ccc2C(C)=O)c1. The minimum atomic E-state index is -2.88. The summed E-state index contributed by atoms with van der Waals surface area (Å²) in [7, 11) is 1.82. The second-order valence-corrected chi connectivity index (χ2v) is 6.66. The number of carbonyl (C=O) groups excluding carboxylic acids is 1. The van der Waals surface area contributed by atoms with Gasteiger partial charge in [0, 0.05) is 34.9 Å². The normalized spacial score (nSPS) is 10.8. The molecule has 0 saturated heterocycles. The minimum absolute atomic E-state index is 0.0549. The fraction of sp³-hybridized carbons (Fsp3) is 0.316. The first kappa shape index (κ1) is 19.4. The summed E-state index contributed by atoms with van der Waals surface area (Å²) < 4.78 is 30.8. The number of anilines is 1. The van der Waals surface area contributed by atoms with Crippen LogP contribution >= 0.6 is 15.9 Å². The molecule has 2 aromatic carbocycles. The van der Waals surface area contributed by atoms with E-state index in [1.165, 1.54) is 6.92 Å². The van der Waals surface area contributed by atoms with Crippen LogP contribution in [0, 0.1) is 0 Å². The monoisotopic (exact) mass is 411 g/mol. The number of hydrogen-bond acceptors (Lipinski definition) is 3. The number of benzene rings is 2. The van der Waals surface area contributed by atoms with Gasteiger partial charge in [0.2, 0.25) is 0 Å². The molecular formula is C19H20BrF2NO2. The molecule has 2 rings (SSSR count). The maximum absolute atomic E-state index is 12.7. The van der Waals surface area contributed by atoms with Crippen LogP contribution in [0.15, 0.2) is 40.9 Å². The zero-order valence-corrected chi connectivity index (χ0v) is 15.9. The lowest BCUT2D eigenvalue weighted by Gasteiger charge is -2.24. The van der Waals surface area contributed by atoms with Gasteiger partial charge in [-0.25, -0.2) is 0 Å². The van der Waals surface area contributed by atoms with E-state index in [9.17, 15) is 13.6 Å². The molecule has 2 aromatic rings. The first-order valence-corrected chi connectivity index (χ1v) is 8.69. The van der Waals surface area contributed by atoms with Gasteiger partial charge < -0.3 is 9.64 Å². The molecular weight excluding hydrogens is 392 g/mol. The van der Waals surface area contributed by atoms with E-state index in [4.69, 9.17) is 0 Å². The van der Waals surface area contributed by atoms with Gasteiger partial charge in [-0.3, -0.25) is 4.79 Å². The molecule has 25 heavy (non-hydrogen) atoms. The molecule has 0 fully saturated rings. The quantitative estimate of drug-likeness (QED) is 0.567. The van der Waals surface area contributed by atoms with E-state index in [1.54, 1.807) is 24.3 Å².